The number of ether oxygens (including phenoxy) is 1. The highest BCUT2D eigenvalue weighted by atomic mass is 16.5. The van der Waals surface area contributed by atoms with E-state index in [2.05, 4.69) is 51.1 Å². The van der Waals surface area contributed by atoms with Crippen LogP contribution >= 0.6 is 0 Å². The lowest BCUT2D eigenvalue weighted by atomic mass is 9.82. The summed E-state index contributed by atoms with van der Waals surface area (Å²) in [4.78, 5) is 0. The van der Waals surface area contributed by atoms with E-state index < -0.39 is 0 Å². The highest BCUT2D eigenvalue weighted by Gasteiger charge is 2.33. The summed E-state index contributed by atoms with van der Waals surface area (Å²) in [6.07, 6.45) is 2.26. The van der Waals surface area contributed by atoms with Crippen LogP contribution in [-0.2, 0) is 18.2 Å². The van der Waals surface area contributed by atoms with Gasteiger partial charge in [-0.25, -0.2) is 0 Å². The zero-order valence-electron chi connectivity index (χ0n) is 14.9. The van der Waals surface area contributed by atoms with Gasteiger partial charge in [0.1, 0.15) is 0 Å². The van der Waals surface area contributed by atoms with Crippen LogP contribution in [0.2, 0.25) is 0 Å². The topological polar surface area (TPSA) is 39.1 Å². The molecule has 1 N–H and O–H groups in total. The van der Waals surface area contributed by atoms with Gasteiger partial charge in [-0.2, -0.15) is 5.10 Å². The molecule has 2 atom stereocenters. The molecule has 1 rings (SSSR count). The Hall–Kier alpha value is -0.870. The Kier molecular flexibility index (Phi) is 6.88. The number of rotatable bonds is 8. The van der Waals surface area contributed by atoms with Gasteiger partial charge in [0.25, 0.3) is 0 Å². The maximum absolute atomic E-state index is 6.09. The number of nitrogens with one attached hydrogen (secondary N) is 1. The monoisotopic (exact) mass is 295 g/mol. The molecule has 0 aromatic carbocycles. The molecule has 122 valence electrons. The van der Waals surface area contributed by atoms with Crippen LogP contribution in [0.5, 0.6) is 0 Å². The largest absolute Gasteiger partial charge is 0.376 e. The molecule has 21 heavy (non-hydrogen) atoms. The van der Waals surface area contributed by atoms with Crippen molar-refractivity contribution in [1.82, 2.24) is 15.1 Å². The van der Waals surface area contributed by atoms with Crippen LogP contribution in [0.25, 0.3) is 0 Å². The Morgan fingerprint density at radius 1 is 1.33 bits per heavy atom. The molecule has 0 saturated heterocycles. The van der Waals surface area contributed by atoms with Gasteiger partial charge in [-0.15, -0.1) is 0 Å². The predicted octanol–water partition coefficient (Wildman–Crippen LogP) is 3.09. The second kappa shape index (κ2) is 7.95. The minimum Gasteiger partial charge on any atom is -0.376 e. The SMILES string of the molecule is CCCNC(Cc1cc(C)nn1C)C(OCC)C(C)(C)C. The molecule has 4 heteroatoms. The average molecular weight is 295 g/mol. The fraction of sp³-hybridized carbons (Fsp3) is 0.824. The summed E-state index contributed by atoms with van der Waals surface area (Å²) in [6.45, 7) is 14.8. The number of hydrogen-bond donors (Lipinski definition) is 1. The van der Waals surface area contributed by atoms with E-state index in [1.165, 1.54) is 5.69 Å². The standard InChI is InChI=1S/C17H33N3O/c1-8-10-18-15(16(21-9-2)17(4,5)6)12-14-11-13(3)19-20(14)7/h11,15-16,18H,8-10,12H2,1-7H3. The molecule has 4 nitrogen and oxygen atoms in total. The van der Waals surface area contributed by atoms with Gasteiger partial charge >= 0.3 is 0 Å². The van der Waals surface area contributed by atoms with E-state index in [1.807, 2.05) is 18.7 Å². The molecule has 0 radical (unpaired) electrons. The number of hydrogen-bond acceptors (Lipinski definition) is 3. The van der Waals surface area contributed by atoms with E-state index in [-0.39, 0.29) is 11.5 Å². The molecule has 0 aliphatic rings. The molecular weight excluding hydrogens is 262 g/mol. The number of nitrogens with zero attached hydrogens (tertiary/aromatic N) is 2. The molecule has 2 unspecified atom stereocenters. The normalized spacial score (nSPS) is 15.2. The van der Waals surface area contributed by atoms with Crippen LogP contribution in [-0.4, -0.2) is 35.1 Å². The molecule has 0 bridgehead atoms. The van der Waals surface area contributed by atoms with Gasteiger partial charge in [0, 0.05) is 31.8 Å². The van der Waals surface area contributed by atoms with Crippen LogP contribution in [0.4, 0.5) is 0 Å². The van der Waals surface area contributed by atoms with Gasteiger partial charge in [0.05, 0.1) is 11.8 Å². The minimum atomic E-state index is 0.106. The van der Waals surface area contributed by atoms with Gasteiger partial charge in [0.2, 0.25) is 0 Å². The Morgan fingerprint density at radius 2 is 2.00 bits per heavy atom. The highest BCUT2D eigenvalue weighted by Crippen LogP contribution is 2.27. The van der Waals surface area contributed by atoms with Crippen molar-refractivity contribution in [2.24, 2.45) is 12.5 Å². The molecular formula is C17H33N3O. The predicted molar refractivity (Wildman–Crippen MR) is 88.6 cm³/mol. The third-order valence-corrected chi connectivity index (χ3v) is 3.75. The second-order valence-electron chi connectivity index (χ2n) is 6.91. The molecule has 1 heterocycles. The molecule has 0 fully saturated rings. The molecule has 0 saturated carbocycles. The maximum atomic E-state index is 6.09. The first-order valence-corrected chi connectivity index (χ1v) is 8.14. The minimum absolute atomic E-state index is 0.106. The molecule has 0 aliphatic carbocycles. The Bertz CT molecular complexity index is 420. The molecule has 0 aliphatic heterocycles. The van der Waals surface area contributed by atoms with E-state index in [0.29, 0.717) is 6.04 Å². The summed E-state index contributed by atoms with van der Waals surface area (Å²) >= 11 is 0. The third kappa shape index (κ3) is 5.44. The average Bonchev–Trinajstić information content (AvgIpc) is 2.69. The van der Waals surface area contributed by atoms with Gasteiger partial charge < -0.3 is 10.1 Å². The van der Waals surface area contributed by atoms with Crippen molar-refractivity contribution >= 4 is 0 Å². The van der Waals surface area contributed by atoms with Crippen molar-refractivity contribution < 1.29 is 4.74 Å². The molecule has 1 aromatic rings. The Morgan fingerprint density at radius 3 is 2.43 bits per heavy atom. The summed E-state index contributed by atoms with van der Waals surface area (Å²) < 4.78 is 8.08. The fourth-order valence-corrected chi connectivity index (χ4v) is 2.85. The Balaban J connectivity index is 2.94. The highest BCUT2D eigenvalue weighted by molar-refractivity contribution is 5.11. The van der Waals surface area contributed by atoms with Gasteiger partial charge in [-0.05, 0) is 38.3 Å². The summed E-state index contributed by atoms with van der Waals surface area (Å²) in [5, 5.41) is 8.14. The van der Waals surface area contributed by atoms with Crippen molar-refractivity contribution in [3.05, 3.63) is 17.5 Å². The van der Waals surface area contributed by atoms with E-state index >= 15 is 0 Å². The van der Waals surface area contributed by atoms with Crippen LogP contribution in [0.15, 0.2) is 6.07 Å². The lowest BCUT2D eigenvalue weighted by molar-refractivity contribution is -0.0358. The summed E-state index contributed by atoms with van der Waals surface area (Å²) in [5.74, 6) is 0. The van der Waals surface area contributed by atoms with E-state index in [1.54, 1.807) is 0 Å². The van der Waals surface area contributed by atoms with E-state index in [4.69, 9.17) is 4.74 Å². The van der Waals surface area contributed by atoms with E-state index in [0.717, 1.165) is 31.7 Å². The molecule has 0 spiro atoms. The first kappa shape index (κ1) is 18.2. The van der Waals surface area contributed by atoms with Gasteiger partial charge in [-0.1, -0.05) is 27.7 Å². The van der Waals surface area contributed by atoms with Crippen molar-refractivity contribution in [1.29, 1.82) is 0 Å². The van der Waals surface area contributed by atoms with Crippen molar-refractivity contribution in [3.8, 4) is 0 Å². The Labute approximate surface area is 130 Å². The second-order valence-corrected chi connectivity index (χ2v) is 6.91. The zero-order valence-corrected chi connectivity index (χ0v) is 14.9. The van der Waals surface area contributed by atoms with Crippen LogP contribution < -0.4 is 5.32 Å². The van der Waals surface area contributed by atoms with Crippen LogP contribution in [0.1, 0.15) is 52.4 Å². The van der Waals surface area contributed by atoms with E-state index in [9.17, 15) is 0 Å². The van der Waals surface area contributed by atoms with Gasteiger partial charge in [-0.3, -0.25) is 4.68 Å². The molecule has 0 amide bonds. The third-order valence-electron chi connectivity index (χ3n) is 3.75. The van der Waals surface area contributed by atoms with Crippen LogP contribution in [0, 0.1) is 12.3 Å². The zero-order chi connectivity index (χ0) is 16.0. The molecule has 1 aromatic heterocycles. The van der Waals surface area contributed by atoms with Crippen molar-refractivity contribution in [2.75, 3.05) is 13.2 Å². The van der Waals surface area contributed by atoms with Gasteiger partial charge in [0.15, 0.2) is 0 Å². The summed E-state index contributed by atoms with van der Waals surface area (Å²) in [7, 11) is 2.02. The summed E-state index contributed by atoms with van der Waals surface area (Å²) in [5.41, 5.74) is 2.44. The number of aromatic nitrogens is 2. The first-order chi connectivity index (χ1) is 9.79. The maximum Gasteiger partial charge on any atom is 0.0779 e. The lowest BCUT2D eigenvalue weighted by Crippen LogP contribution is -2.50. The van der Waals surface area contributed by atoms with Crippen molar-refractivity contribution in [2.45, 2.75) is 66.5 Å². The quantitative estimate of drug-likeness (QED) is 0.801. The number of aryl methyl sites for hydroxylation is 2. The lowest BCUT2D eigenvalue weighted by Gasteiger charge is -2.37. The smallest absolute Gasteiger partial charge is 0.0779 e. The van der Waals surface area contributed by atoms with Crippen molar-refractivity contribution in [3.63, 3.8) is 0 Å². The fourth-order valence-electron chi connectivity index (χ4n) is 2.85. The first-order valence-electron chi connectivity index (χ1n) is 8.14. The van der Waals surface area contributed by atoms with Crippen LogP contribution in [0.3, 0.4) is 0 Å². The summed E-state index contributed by atoms with van der Waals surface area (Å²) in [6, 6.07) is 2.48.